The van der Waals surface area contributed by atoms with E-state index in [-0.39, 0.29) is 6.61 Å². The molecule has 0 saturated carbocycles. The van der Waals surface area contributed by atoms with Crippen LogP contribution in [-0.4, -0.2) is 40.7 Å². The third-order valence-electron chi connectivity index (χ3n) is 3.74. The minimum atomic E-state index is 0.284. The molecule has 2 N–H and O–H groups in total. The Kier molecular flexibility index (Phi) is 5.61. The Labute approximate surface area is 115 Å². The van der Waals surface area contributed by atoms with Crippen LogP contribution in [0.1, 0.15) is 38.3 Å². The van der Waals surface area contributed by atoms with E-state index in [2.05, 4.69) is 34.3 Å². The molecule has 2 rings (SSSR count). The lowest BCUT2D eigenvalue weighted by molar-refractivity contribution is 0.111. The fourth-order valence-electron chi connectivity index (χ4n) is 2.80. The van der Waals surface area contributed by atoms with Gasteiger partial charge in [0.25, 0.3) is 0 Å². The maximum atomic E-state index is 9.16. The number of hydrogen-bond acceptors (Lipinski definition) is 4. The Morgan fingerprint density at radius 1 is 1.42 bits per heavy atom. The number of likely N-dealkylation sites (tertiary alicyclic amines) is 1. The number of aromatic nitrogens is 1. The number of aliphatic hydroxyl groups excluding tert-OH is 1. The van der Waals surface area contributed by atoms with Gasteiger partial charge in [-0.05, 0) is 44.9 Å². The standard InChI is InChI=1S/C15H25N3O/c1-2-16-15-8-5-6-13(17-15)12-18-10-4-3-7-14(18)9-11-19/h5-6,8,14,19H,2-4,7,9-12H2,1H3,(H,16,17). The number of aliphatic hydroxyl groups is 1. The second-order valence-electron chi connectivity index (χ2n) is 5.18. The predicted octanol–water partition coefficient (Wildman–Crippen LogP) is 2.25. The molecule has 1 aliphatic rings. The summed E-state index contributed by atoms with van der Waals surface area (Å²) < 4.78 is 0. The van der Waals surface area contributed by atoms with Crippen LogP contribution in [0, 0.1) is 0 Å². The van der Waals surface area contributed by atoms with Gasteiger partial charge in [0, 0.05) is 25.7 Å². The van der Waals surface area contributed by atoms with Crippen molar-refractivity contribution in [2.45, 2.75) is 45.2 Å². The van der Waals surface area contributed by atoms with Crippen LogP contribution in [0.25, 0.3) is 0 Å². The average Bonchev–Trinajstić information content (AvgIpc) is 2.42. The third-order valence-corrected chi connectivity index (χ3v) is 3.74. The van der Waals surface area contributed by atoms with Gasteiger partial charge < -0.3 is 10.4 Å². The van der Waals surface area contributed by atoms with Crippen molar-refractivity contribution in [1.29, 1.82) is 0 Å². The minimum absolute atomic E-state index is 0.284. The summed E-state index contributed by atoms with van der Waals surface area (Å²) in [5, 5.41) is 12.4. The number of rotatable bonds is 6. The quantitative estimate of drug-likeness (QED) is 0.826. The van der Waals surface area contributed by atoms with Crippen LogP contribution in [0.4, 0.5) is 5.82 Å². The van der Waals surface area contributed by atoms with E-state index < -0.39 is 0 Å². The van der Waals surface area contributed by atoms with Crippen molar-refractivity contribution in [1.82, 2.24) is 9.88 Å². The van der Waals surface area contributed by atoms with E-state index in [0.717, 1.165) is 37.6 Å². The topological polar surface area (TPSA) is 48.4 Å². The highest BCUT2D eigenvalue weighted by Gasteiger charge is 2.22. The van der Waals surface area contributed by atoms with Crippen molar-refractivity contribution in [2.24, 2.45) is 0 Å². The van der Waals surface area contributed by atoms with Crippen LogP contribution in [0.5, 0.6) is 0 Å². The second-order valence-corrected chi connectivity index (χ2v) is 5.18. The molecule has 1 unspecified atom stereocenters. The summed E-state index contributed by atoms with van der Waals surface area (Å²) in [4.78, 5) is 7.11. The van der Waals surface area contributed by atoms with Crippen LogP contribution < -0.4 is 5.32 Å². The van der Waals surface area contributed by atoms with Gasteiger partial charge in [0.15, 0.2) is 0 Å². The van der Waals surface area contributed by atoms with Crippen molar-refractivity contribution in [3.8, 4) is 0 Å². The van der Waals surface area contributed by atoms with Gasteiger partial charge in [-0.25, -0.2) is 4.98 Å². The highest BCUT2D eigenvalue weighted by molar-refractivity contribution is 5.34. The smallest absolute Gasteiger partial charge is 0.126 e. The first-order chi connectivity index (χ1) is 9.33. The maximum absolute atomic E-state index is 9.16. The van der Waals surface area contributed by atoms with E-state index in [4.69, 9.17) is 5.11 Å². The molecule has 0 aliphatic carbocycles. The lowest BCUT2D eigenvalue weighted by atomic mass is 9.99. The largest absolute Gasteiger partial charge is 0.396 e. The molecule has 106 valence electrons. The zero-order chi connectivity index (χ0) is 13.5. The second kappa shape index (κ2) is 7.46. The Hall–Kier alpha value is -1.13. The lowest BCUT2D eigenvalue weighted by Crippen LogP contribution is -2.39. The van der Waals surface area contributed by atoms with Crippen molar-refractivity contribution < 1.29 is 5.11 Å². The van der Waals surface area contributed by atoms with Gasteiger partial charge >= 0.3 is 0 Å². The molecule has 2 heterocycles. The average molecular weight is 263 g/mol. The van der Waals surface area contributed by atoms with E-state index in [0.29, 0.717) is 6.04 Å². The molecule has 1 aliphatic heterocycles. The van der Waals surface area contributed by atoms with Gasteiger partial charge in [-0.2, -0.15) is 0 Å². The Balaban J connectivity index is 1.99. The summed E-state index contributed by atoms with van der Waals surface area (Å²) in [5.74, 6) is 0.954. The van der Waals surface area contributed by atoms with Gasteiger partial charge in [-0.1, -0.05) is 12.5 Å². The van der Waals surface area contributed by atoms with Gasteiger partial charge in [0.1, 0.15) is 5.82 Å². The Morgan fingerprint density at radius 2 is 2.32 bits per heavy atom. The molecule has 0 amide bonds. The van der Waals surface area contributed by atoms with E-state index in [1.165, 1.54) is 19.3 Å². The van der Waals surface area contributed by atoms with E-state index >= 15 is 0 Å². The van der Waals surface area contributed by atoms with Crippen LogP contribution in [0.3, 0.4) is 0 Å². The molecule has 0 spiro atoms. The molecule has 1 fully saturated rings. The molecular weight excluding hydrogens is 238 g/mol. The molecule has 4 heteroatoms. The zero-order valence-electron chi connectivity index (χ0n) is 11.8. The molecule has 0 radical (unpaired) electrons. The number of nitrogens with one attached hydrogen (secondary N) is 1. The molecule has 1 aromatic rings. The number of nitrogens with zero attached hydrogens (tertiary/aromatic N) is 2. The Bertz CT molecular complexity index is 381. The van der Waals surface area contributed by atoms with Crippen molar-refractivity contribution in [2.75, 3.05) is 25.0 Å². The van der Waals surface area contributed by atoms with E-state index in [1.807, 2.05) is 6.07 Å². The number of anilines is 1. The first-order valence-corrected chi connectivity index (χ1v) is 7.38. The fourth-order valence-corrected chi connectivity index (χ4v) is 2.80. The molecule has 1 saturated heterocycles. The summed E-state index contributed by atoms with van der Waals surface area (Å²) in [5.41, 5.74) is 1.11. The van der Waals surface area contributed by atoms with Gasteiger partial charge in [0.05, 0.1) is 5.69 Å². The van der Waals surface area contributed by atoms with Gasteiger partial charge in [-0.15, -0.1) is 0 Å². The van der Waals surface area contributed by atoms with Gasteiger partial charge in [-0.3, -0.25) is 4.90 Å². The van der Waals surface area contributed by atoms with Crippen LogP contribution in [0.2, 0.25) is 0 Å². The monoisotopic (exact) mass is 263 g/mol. The zero-order valence-corrected chi connectivity index (χ0v) is 11.8. The number of pyridine rings is 1. The van der Waals surface area contributed by atoms with Crippen LogP contribution in [-0.2, 0) is 6.54 Å². The fraction of sp³-hybridized carbons (Fsp3) is 0.667. The summed E-state index contributed by atoms with van der Waals surface area (Å²) in [7, 11) is 0. The first-order valence-electron chi connectivity index (χ1n) is 7.38. The third kappa shape index (κ3) is 4.18. The minimum Gasteiger partial charge on any atom is -0.396 e. The first kappa shape index (κ1) is 14.3. The molecule has 0 bridgehead atoms. The van der Waals surface area contributed by atoms with Crippen molar-refractivity contribution in [3.63, 3.8) is 0 Å². The molecule has 0 aromatic carbocycles. The summed E-state index contributed by atoms with van der Waals surface area (Å²) in [6.07, 6.45) is 4.63. The van der Waals surface area contributed by atoms with Crippen molar-refractivity contribution >= 4 is 5.82 Å². The molecule has 4 nitrogen and oxygen atoms in total. The highest BCUT2D eigenvalue weighted by Crippen LogP contribution is 2.21. The predicted molar refractivity (Wildman–Crippen MR) is 78.2 cm³/mol. The van der Waals surface area contributed by atoms with Crippen LogP contribution in [0.15, 0.2) is 18.2 Å². The van der Waals surface area contributed by atoms with E-state index in [1.54, 1.807) is 0 Å². The van der Waals surface area contributed by atoms with E-state index in [9.17, 15) is 0 Å². The maximum Gasteiger partial charge on any atom is 0.126 e. The molecular formula is C15H25N3O. The molecule has 1 atom stereocenters. The van der Waals surface area contributed by atoms with Gasteiger partial charge in [0.2, 0.25) is 0 Å². The summed E-state index contributed by atoms with van der Waals surface area (Å²) >= 11 is 0. The Morgan fingerprint density at radius 3 is 3.11 bits per heavy atom. The van der Waals surface area contributed by atoms with Crippen LogP contribution >= 0.6 is 0 Å². The van der Waals surface area contributed by atoms with Crippen molar-refractivity contribution in [3.05, 3.63) is 23.9 Å². The normalized spacial score (nSPS) is 20.4. The SMILES string of the molecule is CCNc1cccc(CN2CCCCC2CCO)n1. The molecule has 1 aromatic heterocycles. The number of piperidine rings is 1. The highest BCUT2D eigenvalue weighted by atomic mass is 16.3. The number of hydrogen-bond donors (Lipinski definition) is 2. The summed E-state index contributed by atoms with van der Waals surface area (Å²) in [6, 6.07) is 6.67. The summed E-state index contributed by atoms with van der Waals surface area (Å²) in [6.45, 7) is 5.28. The molecule has 19 heavy (non-hydrogen) atoms. The lowest BCUT2D eigenvalue weighted by Gasteiger charge is -2.35.